The highest BCUT2D eigenvalue weighted by atomic mass is 32.9. The Morgan fingerprint density at radius 1 is 1.14 bits per heavy atom. The largest absolute Gasteiger partial charge is 0.491 e. The van der Waals surface area contributed by atoms with Crippen molar-refractivity contribution in [2.75, 3.05) is 19.8 Å². The molecule has 1 fully saturated rings. The van der Waals surface area contributed by atoms with Crippen molar-refractivity contribution < 1.29 is 14.2 Å². The molecule has 1 atom stereocenters. The molecule has 0 spiro atoms. The van der Waals surface area contributed by atoms with Gasteiger partial charge in [0.15, 0.2) is 6.29 Å². The molecular weight excluding hydrogens is 336 g/mol. The molecule has 0 amide bonds. The summed E-state index contributed by atoms with van der Waals surface area (Å²) in [6.07, 6.45) is 3.26. The molecule has 0 aliphatic carbocycles. The summed E-state index contributed by atoms with van der Waals surface area (Å²) >= 11 is 5.16. The first-order valence-corrected chi connectivity index (χ1v) is 9.94. The van der Waals surface area contributed by atoms with Gasteiger partial charge >= 0.3 is 0 Å². The van der Waals surface area contributed by atoms with Gasteiger partial charge in [-0.3, -0.25) is 0 Å². The number of benzene rings is 1. The fourth-order valence-corrected chi connectivity index (χ4v) is 4.67. The van der Waals surface area contributed by atoms with Gasteiger partial charge in [0.05, 0.1) is 6.61 Å². The molecule has 0 radical (unpaired) electrons. The minimum Gasteiger partial charge on any atom is -0.491 e. The van der Waals surface area contributed by atoms with Crippen molar-refractivity contribution in [3.63, 3.8) is 0 Å². The lowest BCUT2D eigenvalue weighted by Gasteiger charge is -2.22. The first-order chi connectivity index (χ1) is 10.8. The van der Waals surface area contributed by atoms with E-state index in [0.29, 0.717) is 13.2 Å². The van der Waals surface area contributed by atoms with Crippen LogP contribution >= 0.6 is 32.9 Å². The van der Waals surface area contributed by atoms with Crippen LogP contribution in [0.4, 0.5) is 0 Å². The number of rotatable bonds is 6. The van der Waals surface area contributed by atoms with E-state index in [0.717, 1.165) is 29.0 Å². The highest BCUT2D eigenvalue weighted by molar-refractivity contribution is 7.80. The van der Waals surface area contributed by atoms with Crippen LogP contribution in [0.2, 0.25) is 0 Å². The molecule has 0 N–H and O–H groups in total. The summed E-state index contributed by atoms with van der Waals surface area (Å²) in [5, 5.41) is 0. The third-order valence-corrected chi connectivity index (χ3v) is 6.31. The minimum atomic E-state index is -0.0487. The Bertz CT molecular complexity index is 627. The van der Waals surface area contributed by atoms with Gasteiger partial charge < -0.3 is 14.2 Å². The molecule has 22 heavy (non-hydrogen) atoms. The molecule has 118 valence electrons. The van der Waals surface area contributed by atoms with Crippen LogP contribution in [0, 0.1) is 3.82 Å². The predicted octanol–water partition coefficient (Wildman–Crippen LogP) is 5.13. The van der Waals surface area contributed by atoms with Crippen LogP contribution in [0.3, 0.4) is 0 Å². The second-order valence-corrected chi connectivity index (χ2v) is 7.95. The Hall–Kier alpha value is -0.790. The van der Waals surface area contributed by atoms with Crippen LogP contribution in [0.15, 0.2) is 30.3 Å². The predicted molar refractivity (Wildman–Crippen MR) is 93.5 cm³/mol. The number of hydrogen-bond donors (Lipinski definition) is 0. The summed E-state index contributed by atoms with van der Waals surface area (Å²) in [5.41, 5.74) is 1.18. The topological polar surface area (TPSA) is 27.7 Å². The third kappa shape index (κ3) is 4.60. The van der Waals surface area contributed by atoms with E-state index in [-0.39, 0.29) is 6.29 Å². The van der Waals surface area contributed by atoms with E-state index >= 15 is 0 Å². The maximum absolute atomic E-state index is 5.70. The Morgan fingerprint density at radius 2 is 2.00 bits per heavy atom. The zero-order valence-corrected chi connectivity index (χ0v) is 14.6. The summed E-state index contributed by atoms with van der Waals surface area (Å²) in [5.74, 6) is 0.857. The van der Waals surface area contributed by atoms with Crippen LogP contribution in [0.1, 0.15) is 19.3 Å². The SMILES string of the molecule is S=c1cc(-c2ccc(OCCOC3CCCCO3)cc2)ss1. The van der Waals surface area contributed by atoms with Gasteiger partial charge in [0.25, 0.3) is 0 Å². The molecular formula is C16H18O3S3. The lowest BCUT2D eigenvalue weighted by Crippen LogP contribution is -2.24. The van der Waals surface area contributed by atoms with E-state index in [1.165, 1.54) is 16.9 Å². The van der Waals surface area contributed by atoms with E-state index in [1.54, 1.807) is 20.7 Å². The average Bonchev–Trinajstić information content (AvgIpc) is 3.00. The van der Waals surface area contributed by atoms with E-state index in [9.17, 15) is 0 Å². The van der Waals surface area contributed by atoms with E-state index < -0.39 is 0 Å². The van der Waals surface area contributed by atoms with Crippen molar-refractivity contribution in [1.29, 1.82) is 0 Å². The van der Waals surface area contributed by atoms with Crippen LogP contribution in [-0.4, -0.2) is 26.1 Å². The molecule has 2 aromatic rings. The van der Waals surface area contributed by atoms with Gasteiger partial charge in [-0.2, -0.15) is 0 Å². The molecule has 2 heterocycles. The smallest absolute Gasteiger partial charge is 0.157 e. The van der Waals surface area contributed by atoms with Gasteiger partial charge in [0.2, 0.25) is 0 Å². The normalized spacial score (nSPS) is 18.3. The summed E-state index contributed by atoms with van der Waals surface area (Å²) in [7, 11) is 3.34. The first kappa shape index (κ1) is 16.1. The molecule has 3 nitrogen and oxygen atoms in total. The number of ether oxygens (including phenoxy) is 3. The van der Waals surface area contributed by atoms with Crippen molar-refractivity contribution in [3.05, 3.63) is 34.2 Å². The summed E-state index contributed by atoms with van der Waals surface area (Å²) in [6.45, 7) is 1.90. The maximum Gasteiger partial charge on any atom is 0.157 e. The van der Waals surface area contributed by atoms with Crippen molar-refractivity contribution in [1.82, 2.24) is 0 Å². The van der Waals surface area contributed by atoms with Gasteiger partial charge in [-0.25, -0.2) is 0 Å². The Morgan fingerprint density at radius 3 is 2.68 bits per heavy atom. The van der Waals surface area contributed by atoms with E-state index in [1.807, 2.05) is 18.2 Å². The van der Waals surface area contributed by atoms with Crippen LogP contribution in [0.25, 0.3) is 10.4 Å². The fraction of sp³-hybridized carbons (Fsp3) is 0.438. The van der Waals surface area contributed by atoms with Crippen LogP contribution in [-0.2, 0) is 9.47 Å². The summed E-state index contributed by atoms with van der Waals surface area (Å²) in [6, 6.07) is 10.1. The molecule has 3 rings (SSSR count). The monoisotopic (exact) mass is 354 g/mol. The minimum absolute atomic E-state index is 0.0487. The van der Waals surface area contributed by atoms with Gasteiger partial charge in [-0.15, -0.1) is 0 Å². The zero-order chi connectivity index (χ0) is 15.2. The second-order valence-electron chi connectivity index (χ2n) is 5.03. The maximum atomic E-state index is 5.70. The Balaban J connectivity index is 1.44. The highest BCUT2D eigenvalue weighted by Crippen LogP contribution is 2.30. The van der Waals surface area contributed by atoms with Crippen LogP contribution < -0.4 is 4.74 Å². The highest BCUT2D eigenvalue weighted by Gasteiger charge is 2.13. The van der Waals surface area contributed by atoms with Crippen molar-refractivity contribution >= 4 is 32.9 Å². The van der Waals surface area contributed by atoms with Crippen molar-refractivity contribution in [3.8, 4) is 16.2 Å². The molecule has 1 aromatic carbocycles. The summed E-state index contributed by atoms with van der Waals surface area (Å²) in [4.78, 5) is 1.21. The van der Waals surface area contributed by atoms with Gasteiger partial charge in [-0.05, 0) is 55.2 Å². The van der Waals surface area contributed by atoms with Crippen molar-refractivity contribution in [2.24, 2.45) is 0 Å². The molecule has 6 heteroatoms. The number of hydrogen-bond acceptors (Lipinski definition) is 6. The van der Waals surface area contributed by atoms with Gasteiger partial charge in [-0.1, -0.05) is 32.9 Å². The lowest BCUT2D eigenvalue weighted by atomic mass is 10.2. The first-order valence-electron chi connectivity index (χ1n) is 7.38. The third-order valence-electron chi connectivity index (χ3n) is 3.40. The quantitative estimate of drug-likeness (QED) is 0.408. The molecule has 1 aliphatic heterocycles. The van der Waals surface area contributed by atoms with Gasteiger partial charge in [0.1, 0.15) is 16.2 Å². The fourth-order valence-electron chi connectivity index (χ4n) is 2.27. The summed E-state index contributed by atoms with van der Waals surface area (Å²) < 4.78 is 17.8. The zero-order valence-electron chi connectivity index (χ0n) is 12.2. The van der Waals surface area contributed by atoms with Crippen molar-refractivity contribution in [2.45, 2.75) is 25.6 Å². The molecule has 0 saturated carbocycles. The van der Waals surface area contributed by atoms with E-state index in [2.05, 4.69) is 12.1 Å². The van der Waals surface area contributed by atoms with Crippen LogP contribution in [0.5, 0.6) is 5.75 Å². The molecule has 1 aliphatic rings. The van der Waals surface area contributed by atoms with Gasteiger partial charge in [0, 0.05) is 11.5 Å². The Kier molecular flexibility index (Phi) is 5.97. The molecule has 0 bridgehead atoms. The molecule has 1 unspecified atom stereocenters. The standard InChI is InChI=1S/C16H18O3S3/c20-16-11-14(21-22-16)12-4-6-13(7-5-12)17-9-10-19-15-3-1-2-8-18-15/h4-7,11,15H,1-3,8-10H2. The van der Waals surface area contributed by atoms with E-state index in [4.69, 9.17) is 26.4 Å². The second kappa shape index (κ2) is 8.17. The Labute approximate surface area is 142 Å². The lowest BCUT2D eigenvalue weighted by molar-refractivity contribution is -0.165. The molecule has 1 aromatic heterocycles. The average molecular weight is 355 g/mol. The molecule has 1 saturated heterocycles.